The molecule has 1 atom stereocenters. The molecular weight excluding hydrogens is 206 g/mol. The molecule has 0 aliphatic carbocycles. The summed E-state index contributed by atoms with van der Waals surface area (Å²) in [6, 6.07) is 0.0602. The normalized spacial score (nSPS) is 19.9. The lowest BCUT2D eigenvalue weighted by Crippen LogP contribution is -2.47. The van der Waals surface area contributed by atoms with Gasteiger partial charge in [-0.05, 0) is 6.42 Å². The SMILES string of the molecule is CC(C)NC(CCN1CCOCC1)C(N)=O. The summed E-state index contributed by atoms with van der Waals surface area (Å²) in [6.07, 6.45) is 0.771. The van der Waals surface area contributed by atoms with Crippen LogP contribution in [0.5, 0.6) is 0 Å². The van der Waals surface area contributed by atoms with Crippen molar-refractivity contribution in [3.05, 3.63) is 0 Å². The Kier molecular flexibility index (Phi) is 5.73. The van der Waals surface area contributed by atoms with E-state index in [0.29, 0.717) is 0 Å². The highest BCUT2D eigenvalue weighted by Crippen LogP contribution is 2.01. The minimum Gasteiger partial charge on any atom is -0.379 e. The smallest absolute Gasteiger partial charge is 0.234 e. The zero-order valence-corrected chi connectivity index (χ0v) is 10.2. The summed E-state index contributed by atoms with van der Waals surface area (Å²) in [4.78, 5) is 13.5. The van der Waals surface area contributed by atoms with Gasteiger partial charge in [-0.25, -0.2) is 0 Å². The van der Waals surface area contributed by atoms with E-state index in [4.69, 9.17) is 10.5 Å². The lowest BCUT2D eigenvalue weighted by Gasteiger charge is -2.28. The molecule has 1 fully saturated rings. The quantitative estimate of drug-likeness (QED) is 0.648. The topological polar surface area (TPSA) is 67.6 Å². The molecule has 0 aromatic rings. The summed E-state index contributed by atoms with van der Waals surface area (Å²) >= 11 is 0. The van der Waals surface area contributed by atoms with E-state index in [0.717, 1.165) is 39.3 Å². The van der Waals surface area contributed by atoms with Crippen molar-refractivity contribution in [1.82, 2.24) is 10.2 Å². The first kappa shape index (κ1) is 13.4. The van der Waals surface area contributed by atoms with Crippen LogP contribution >= 0.6 is 0 Å². The van der Waals surface area contributed by atoms with Gasteiger partial charge in [0.1, 0.15) is 0 Å². The van der Waals surface area contributed by atoms with Crippen molar-refractivity contribution in [2.24, 2.45) is 5.73 Å². The summed E-state index contributed by atoms with van der Waals surface area (Å²) in [5.74, 6) is -0.262. The minimum atomic E-state index is -0.262. The third-order valence-electron chi connectivity index (χ3n) is 2.72. The number of ether oxygens (including phenoxy) is 1. The molecule has 1 heterocycles. The van der Waals surface area contributed by atoms with Crippen LogP contribution in [0.3, 0.4) is 0 Å². The molecule has 0 aromatic heterocycles. The summed E-state index contributed by atoms with van der Waals surface area (Å²) in [5.41, 5.74) is 5.36. The van der Waals surface area contributed by atoms with Gasteiger partial charge in [-0.1, -0.05) is 13.8 Å². The van der Waals surface area contributed by atoms with Gasteiger partial charge in [0, 0.05) is 25.7 Å². The molecule has 94 valence electrons. The number of hydrogen-bond donors (Lipinski definition) is 2. The lowest BCUT2D eigenvalue weighted by atomic mass is 10.1. The Labute approximate surface area is 97.3 Å². The highest BCUT2D eigenvalue weighted by Gasteiger charge is 2.18. The maximum Gasteiger partial charge on any atom is 0.234 e. The first-order valence-electron chi connectivity index (χ1n) is 5.95. The van der Waals surface area contributed by atoms with E-state index in [2.05, 4.69) is 10.2 Å². The van der Waals surface area contributed by atoms with Crippen molar-refractivity contribution in [2.75, 3.05) is 32.8 Å². The van der Waals surface area contributed by atoms with Gasteiger partial charge in [-0.15, -0.1) is 0 Å². The monoisotopic (exact) mass is 229 g/mol. The number of morpholine rings is 1. The molecule has 3 N–H and O–H groups in total. The third kappa shape index (κ3) is 4.92. The molecule has 1 aliphatic rings. The summed E-state index contributed by atoms with van der Waals surface area (Å²) < 4.78 is 5.27. The number of primary amides is 1. The van der Waals surface area contributed by atoms with E-state index in [1.165, 1.54) is 0 Å². The Morgan fingerprint density at radius 3 is 2.56 bits per heavy atom. The second-order valence-electron chi connectivity index (χ2n) is 4.52. The lowest BCUT2D eigenvalue weighted by molar-refractivity contribution is -0.120. The van der Waals surface area contributed by atoms with Crippen molar-refractivity contribution < 1.29 is 9.53 Å². The predicted molar refractivity (Wildman–Crippen MR) is 63.1 cm³/mol. The number of rotatable bonds is 6. The first-order valence-corrected chi connectivity index (χ1v) is 5.95. The van der Waals surface area contributed by atoms with Gasteiger partial charge in [-0.3, -0.25) is 9.69 Å². The van der Waals surface area contributed by atoms with Crippen LogP contribution in [0.25, 0.3) is 0 Å². The van der Waals surface area contributed by atoms with Gasteiger partial charge in [0.05, 0.1) is 19.3 Å². The molecule has 1 saturated heterocycles. The molecule has 16 heavy (non-hydrogen) atoms. The molecule has 0 aromatic carbocycles. The second-order valence-corrected chi connectivity index (χ2v) is 4.52. The van der Waals surface area contributed by atoms with E-state index in [9.17, 15) is 4.79 Å². The number of carbonyl (C=O) groups is 1. The van der Waals surface area contributed by atoms with Crippen LogP contribution in [-0.4, -0.2) is 55.7 Å². The largest absolute Gasteiger partial charge is 0.379 e. The van der Waals surface area contributed by atoms with Gasteiger partial charge in [0.25, 0.3) is 0 Å². The Hall–Kier alpha value is -0.650. The number of nitrogens with zero attached hydrogens (tertiary/aromatic N) is 1. The molecule has 5 heteroatoms. The van der Waals surface area contributed by atoms with Gasteiger partial charge in [0.2, 0.25) is 5.91 Å². The van der Waals surface area contributed by atoms with E-state index in [1.54, 1.807) is 0 Å². The number of hydrogen-bond acceptors (Lipinski definition) is 4. The van der Waals surface area contributed by atoms with Crippen molar-refractivity contribution in [3.8, 4) is 0 Å². The van der Waals surface area contributed by atoms with Crippen molar-refractivity contribution in [1.29, 1.82) is 0 Å². The van der Waals surface area contributed by atoms with Gasteiger partial charge in [0.15, 0.2) is 0 Å². The fourth-order valence-corrected chi connectivity index (χ4v) is 1.85. The fourth-order valence-electron chi connectivity index (χ4n) is 1.85. The van der Waals surface area contributed by atoms with Gasteiger partial charge in [-0.2, -0.15) is 0 Å². The van der Waals surface area contributed by atoms with Crippen molar-refractivity contribution >= 4 is 5.91 Å². The standard InChI is InChI=1S/C11H23N3O2/c1-9(2)13-10(11(12)15)3-4-14-5-7-16-8-6-14/h9-10,13H,3-8H2,1-2H3,(H2,12,15). The van der Waals surface area contributed by atoms with Crippen LogP contribution in [0, 0.1) is 0 Å². The fraction of sp³-hybridized carbons (Fsp3) is 0.909. The first-order chi connectivity index (χ1) is 7.59. The Morgan fingerprint density at radius 2 is 2.06 bits per heavy atom. The molecule has 1 rings (SSSR count). The number of amides is 1. The van der Waals surface area contributed by atoms with Crippen LogP contribution in [0.2, 0.25) is 0 Å². The minimum absolute atomic E-state index is 0.220. The zero-order valence-electron chi connectivity index (χ0n) is 10.2. The maximum atomic E-state index is 11.2. The van der Waals surface area contributed by atoms with Crippen LogP contribution in [0.4, 0.5) is 0 Å². The molecule has 0 spiro atoms. The summed E-state index contributed by atoms with van der Waals surface area (Å²) in [5, 5.41) is 3.19. The van der Waals surface area contributed by atoms with Crippen LogP contribution in [-0.2, 0) is 9.53 Å². The molecule has 1 aliphatic heterocycles. The van der Waals surface area contributed by atoms with E-state index < -0.39 is 0 Å². The molecule has 1 unspecified atom stereocenters. The van der Waals surface area contributed by atoms with Crippen LogP contribution < -0.4 is 11.1 Å². The Balaban J connectivity index is 2.28. The Bertz CT molecular complexity index is 215. The van der Waals surface area contributed by atoms with E-state index in [-0.39, 0.29) is 18.0 Å². The van der Waals surface area contributed by atoms with Crippen molar-refractivity contribution in [2.45, 2.75) is 32.4 Å². The van der Waals surface area contributed by atoms with E-state index in [1.807, 2.05) is 13.8 Å². The number of nitrogens with two attached hydrogens (primary N) is 1. The maximum absolute atomic E-state index is 11.2. The zero-order chi connectivity index (χ0) is 12.0. The molecule has 0 saturated carbocycles. The van der Waals surface area contributed by atoms with E-state index >= 15 is 0 Å². The third-order valence-corrected chi connectivity index (χ3v) is 2.72. The van der Waals surface area contributed by atoms with Crippen molar-refractivity contribution in [3.63, 3.8) is 0 Å². The highest BCUT2D eigenvalue weighted by molar-refractivity contribution is 5.79. The molecule has 1 amide bonds. The average molecular weight is 229 g/mol. The summed E-state index contributed by atoms with van der Waals surface area (Å²) in [6.45, 7) is 8.42. The molecule has 5 nitrogen and oxygen atoms in total. The van der Waals surface area contributed by atoms with Gasteiger partial charge >= 0.3 is 0 Å². The van der Waals surface area contributed by atoms with Gasteiger partial charge < -0.3 is 15.8 Å². The second kappa shape index (κ2) is 6.83. The van der Waals surface area contributed by atoms with Crippen LogP contribution in [0.15, 0.2) is 0 Å². The number of nitrogens with one attached hydrogen (secondary N) is 1. The van der Waals surface area contributed by atoms with Crippen LogP contribution in [0.1, 0.15) is 20.3 Å². The predicted octanol–water partition coefficient (Wildman–Crippen LogP) is -0.439. The molecular formula is C11H23N3O2. The Morgan fingerprint density at radius 1 is 1.44 bits per heavy atom. The molecule has 0 radical (unpaired) electrons. The summed E-state index contributed by atoms with van der Waals surface area (Å²) in [7, 11) is 0. The number of carbonyl (C=O) groups excluding carboxylic acids is 1. The highest BCUT2D eigenvalue weighted by atomic mass is 16.5. The molecule has 0 bridgehead atoms. The average Bonchev–Trinajstić information content (AvgIpc) is 2.25.